The lowest BCUT2D eigenvalue weighted by Gasteiger charge is -2.07. The van der Waals surface area contributed by atoms with Gasteiger partial charge >= 0.3 is 5.69 Å². The Balaban J connectivity index is 2.13. The molecule has 0 aliphatic rings. The van der Waals surface area contributed by atoms with Crippen LogP contribution in [0.3, 0.4) is 0 Å². The van der Waals surface area contributed by atoms with Gasteiger partial charge < -0.3 is 10.1 Å². The Morgan fingerprint density at radius 2 is 2.33 bits per heavy atom. The van der Waals surface area contributed by atoms with E-state index in [0.29, 0.717) is 5.69 Å². The van der Waals surface area contributed by atoms with Gasteiger partial charge in [0, 0.05) is 24.1 Å². The maximum atomic E-state index is 13.7. The molecular formula is C12H13FN4O3S. The zero-order valence-corrected chi connectivity index (χ0v) is 12.0. The minimum atomic E-state index is -0.782. The summed E-state index contributed by atoms with van der Waals surface area (Å²) in [4.78, 5) is 10.2. The Bertz CT molecular complexity index is 635. The van der Waals surface area contributed by atoms with E-state index in [1.54, 1.807) is 0 Å². The molecule has 1 aromatic heterocycles. The number of hydrogen-bond donors (Lipinski definition) is 1. The number of para-hydroxylation sites is 1. The van der Waals surface area contributed by atoms with Crippen molar-refractivity contribution in [3.63, 3.8) is 0 Å². The van der Waals surface area contributed by atoms with Gasteiger partial charge in [0.05, 0.1) is 4.92 Å². The van der Waals surface area contributed by atoms with Crippen molar-refractivity contribution in [3.8, 4) is 5.75 Å². The Morgan fingerprint density at radius 1 is 1.52 bits per heavy atom. The fourth-order valence-corrected chi connectivity index (χ4v) is 2.19. The van der Waals surface area contributed by atoms with Gasteiger partial charge in [-0.25, -0.2) is 4.39 Å². The zero-order valence-electron chi connectivity index (χ0n) is 11.2. The van der Waals surface area contributed by atoms with Crippen molar-refractivity contribution in [2.24, 2.45) is 0 Å². The van der Waals surface area contributed by atoms with Crippen LogP contribution in [-0.4, -0.2) is 21.1 Å². The average Bonchev–Trinajstić information content (AvgIpc) is 2.90. The highest BCUT2D eigenvalue weighted by atomic mass is 32.1. The van der Waals surface area contributed by atoms with Crippen LogP contribution < -0.4 is 10.1 Å². The van der Waals surface area contributed by atoms with Gasteiger partial charge in [0.1, 0.15) is 17.3 Å². The number of ether oxygens (including phenoxy) is 1. The van der Waals surface area contributed by atoms with Crippen LogP contribution in [0.1, 0.15) is 19.0 Å². The third-order valence-electron chi connectivity index (χ3n) is 2.59. The fraction of sp³-hybridized carbons (Fsp3) is 0.333. The monoisotopic (exact) mass is 312 g/mol. The number of rotatable bonds is 7. The second-order valence-corrected chi connectivity index (χ2v) is 4.86. The topological polar surface area (TPSA) is 90.2 Å². The molecule has 112 valence electrons. The van der Waals surface area contributed by atoms with Gasteiger partial charge in [0.25, 0.3) is 0 Å². The molecule has 0 saturated heterocycles. The quantitative estimate of drug-likeness (QED) is 0.624. The Morgan fingerprint density at radius 3 is 3.05 bits per heavy atom. The maximum absolute atomic E-state index is 13.7. The predicted octanol–water partition coefficient (Wildman–Crippen LogP) is 2.99. The molecule has 0 unspecified atom stereocenters. The molecule has 2 aromatic rings. The molecule has 1 heterocycles. The van der Waals surface area contributed by atoms with Gasteiger partial charge in [-0.2, -0.15) is 0 Å². The number of nitrogens with one attached hydrogen (secondary N) is 1. The highest BCUT2D eigenvalue weighted by Crippen LogP contribution is 2.31. The summed E-state index contributed by atoms with van der Waals surface area (Å²) in [7, 11) is 0. The largest absolute Gasteiger partial charge is 0.478 e. The number of halogens is 1. The van der Waals surface area contributed by atoms with Gasteiger partial charge in [-0.15, -0.1) is 5.10 Å². The van der Waals surface area contributed by atoms with Crippen LogP contribution in [0.2, 0.25) is 0 Å². The van der Waals surface area contributed by atoms with Crippen LogP contribution in [0.5, 0.6) is 5.75 Å². The van der Waals surface area contributed by atoms with Crippen LogP contribution in [-0.2, 0) is 6.61 Å². The lowest BCUT2D eigenvalue weighted by molar-refractivity contribution is -0.386. The lowest BCUT2D eigenvalue weighted by atomic mass is 10.3. The van der Waals surface area contributed by atoms with Crippen molar-refractivity contribution in [1.82, 2.24) is 9.59 Å². The van der Waals surface area contributed by atoms with Crippen LogP contribution in [0, 0.1) is 15.9 Å². The van der Waals surface area contributed by atoms with Gasteiger partial charge in [0.15, 0.2) is 5.82 Å². The molecule has 2 rings (SSSR count). The average molecular weight is 312 g/mol. The summed E-state index contributed by atoms with van der Waals surface area (Å²) in [5.41, 5.74) is 0.0762. The van der Waals surface area contributed by atoms with Crippen molar-refractivity contribution in [3.05, 3.63) is 39.8 Å². The van der Waals surface area contributed by atoms with E-state index in [1.807, 2.05) is 6.92 Å². The maximum Gasteiger partial charge on any atom is 0.314 e. The van der Waals surface area contributed by atoms with Gasteiger partial charge in [-0.05, 0) is 12.5 Å². The van der Waals surface area contributed by atoms with E-state index in [-0.39, 0.29) is 6.61 Å². The summed E-state index contributed by atoms with van der Waals surface area (Å²) in [5.74, 6) is -1.17. The first-order valence-electron chi connectivity index (χ1n) is 6.24. The Hall–Kier alpha value is -2.29. The minimum Gasteiger partial charge on any atom is -0.478 e. The molecule has 0 bridgehead atoms. The van der Waals surface area contributed by atoms with E-state index in [2.05, 4.69) is 14.9 Å². The van der Waals surface area contributed by atoms with Gasteiger partial charge in [-0.3, -0.25) is 10.1 Å². The van der Waals surface area contributed by atoms with E-state index < -0.39 is 22.2 Å². The van der Waals surface area contributed by atoms with Gasteiger partial charge in [-0.1, -0.05) is 17.5 Å². The van der Waals surface area contributed by atoms with E-state index >= 15 is 0 Å². The molecule has 1 N–H and O–H groups in total. The van der Waals surface area contributed by atoms with Crippen molar-refractivity contribution < 1.29 is 14.1 Å². The van der Waals surface area contributed by atoms with E-state index in [9.17, 15) is 14.5 Å². The summed E-state index contributed by atoms with van der Waals surface area (Å²) < 4.78 is 22.7. The highest BCUT2D eigenvalue weighted by molar-refractivity contribution is 7.10. The number of nitrogens with zero attached hydrogens (tertiary/aromatic N) is 3. The molecule has 0 amide bonds. The lowest BCUT2D eigenvalue weighted by Crippen LogP contribution is -2.05. The molecule has 21 heavy (non-hydrogen) atoms. The highest BCUT2D eigenvalue weighted by Gasteiger charge is 2.20. The molecule has 7 nitrogen and oxygen atoms in total. The summed E-state index contributed by atoms with van der Waals surface area (Å²) in [6.45, 7) is 2.67. The zero-order chi connectivity index (χ0) is 15.2. The first-order chi connectivity index (χ1) is 10.1. The van der Waals surface area contributed by atoms with Crippen molar-refractivity contribution in [2.75, 3.05) is 11.9 Å². The molecule has 0 aliphatic carbocycles. The minimum absolute atomic E-state index is 0.0929. The molecule has 0 fully saturated rings. The number of anilines is 1. The summed E-state index contributed by atoms with van der Waals surface area (Å²) in [6.07, 6.45) is 0.928. The smallest absolute Gasteiger partial charge is 0.314 e. The fourth-order valence-electron chi connectivity index (χ4n) is 1.60. The number of benzene rings is 1. The molecule has 0 saturated carbocycles. The van der Waals surface area contributed by atoms with E-state index in [4.69, 9.17) is 4.74 Å². The third kappa shape index (κ3) is 3.63. The Kier molecular flexibility index (Phi) is 4.99. The number of aromatic nitrogens is 2. The van der Waals surface area contributed by atoms with Crippen molar-refractivity contribution in [1.29, 1.82) is 0 Å². The van der Waals surface area contributed by atoms with E-state index in [1.165, 1.54) is 12.1 Å². The molecule has 9 heteroatoms. The second kappa shape index (κ2) is 6.93. The summed E-state index contributed by atoms with van der Waals surface area (Å²) in [6, 6.07) is 3.56. The Labute approximate surface area is 124 Å². The third-order valence-corrected chi connectivity index (χ3v) is 3.31. The van der Waals surface area contributed by atoms with Crippen LogP contribution >= 0.6 is 11.5 Å². The number of nitro groups is 1. The SMILES string of the molecule is CCCNc1snnc1COc1c(F)cccc1[N+](=O)[O-]. The van der Waals surface area contributed by atoms with Crippen LogP contribution in [0.25, 0.3) is 0 Å². The van der Waals surface area contributed by atoms with E-state index in [0.717, 1.165) is 35.6 Å². The summed E-state index contributed by atoms with van der Waals surface area (Å²) >= 11 is 1.16. The van der Waals surface area contributed by atoms with Crippen LogP contribution in [0.4, 0.5) is 15.1 Å². The molecule has 0 spiro atoms. The summed E-state index contributed by atoms with van der Waals surface area (Å²) in [5, 5.41) is 18.6. The second-order valence-electron chi connectivity index (χ2n) is 4.11. The molecule has 0 aliphatic heterocycles. The first kappa shape index (κ1) is 15.1. The molecule has 0 atom stereocenters. The number of nitro benzene ring substituents is 1. The number of hydrogen-bond acceptors (Lipinski definition) is 7. The van der Waals surface area contributed by atoms with Crippen molar-refractivity contribution >= 4 is 22.2 Å². The normalized spacial score (nSPS) is 10.4. The molecular weight excluding hydrogens is 299 g/mol. The first-order valence-corrected chi connectivity index (χ1v) is 7.01. The van der Waals surface area contributed by atoms with Gasteiger partial charge in [0.2, 0.25) is 5.75 Å². The molecule has 0 radical (unpaired) electrons. The predicted molar refractivity (Wildman–Crippen MR) is 76.1 cm³/mol. The molecule has 1 aromatic carbocycles. The standard InChI is InChI=1S/C12H13FN4O3S/c1-2-6-14-12-9(15-16-21-12)7-20-11-8(13)4-3-5-10(11)17(18)19/h3-5,14H,2,6-7H2,1H3. The van der Waals surface area contributed by atoms with Crippen LogP contribution in [0.15, 0.2) is 18.2 Å². The van der Waals surface area contributed by atoms with Crippen molar-refractivity contribution in [2.45, 2.75) is 20.0 Å².